The molecule has 12 heavy (non-hydrogen) atoms. The van der Waals surface area contributed by atoms with Crippen LogP contribution in [0.4, 0.5) is 0 Å². The average Bonchev–Trinajstić information content (AvgIpc) is 2.01. The number of carboxylic acids is 1. The van der Waals surface area contributed by atoms with Crippen LogP contribution in [0.3, 0.4) is 0 Å². The van der Waals surface area contributed by atoms with Gasteiger partial charge in [-0.2, -0.15) is 0 Å². The Morgan fingerprint density at radius 3 is 3.08 bits per heavy atom. The van der Waals surface area contributed by atoms with Crippen LogP contribution in [0.15, 0.2) is 23.2 Å². The molecule has 0 aliphatic carbocycles. The van der Waals surface area contributed by atoms with E-state index in [-0.39, 0.29) is 5.75 Å². The monoisotopic (exact) mass is 183 g/mol. The quantitative estimate of drug-likeness (QED) is 0.722. The molecule has 0 saturated carbocycles. The summed E-state index contributed by atoms with van der Waals surface area (Å²) in [4.78, 5) is 15.2. The summed E-state index contributed by atoms with van der Waals surface area (Å²) in [7, 11) is 0. The molecule has 0 aromatic carbocycles. The molecule has 0 fully saturated rings. The van der Waals surface area contributed by atoms with E-state index in [1.165, 1.54) is 11.8 Å². The number of aliphatic carboxylic acids is 1. The minimum atomic E-state index is -0.797. The number of rotatable bonds is 3. The number of hydrogen-bond donors (Lipinski definition) is 1. The Morgan fingerprint density at radius 2 is 2.50 bits per heavy atom. The van der Waals surface area contributed by atoms with Crippen molar-refractivity contribution in [2.45, 2.75) is 11.8 Å². The Morgan fingerprint density at radius 1 is 1.75 bits per heavy atom. The van der Waals surface area contributed by atoms with Crippen LogP contribution < -0.4 is 0 Å². The van der Waals surface area contributed by atoms with Crippen molar-refractivity contribution in [3.05, 3.63) is 24.0 Å². The van der Waals surface area contributed by atoms with Crippen molar-refractivity contribution < 1.29 is 9.90 Å². The first kappa shape index (κ1) is 9.06. The van der Waals surface area contributed by atoms with Gasteiger partial charge >= 0.3 is 5.97 Å². The normalized spacial score (nSPS) is 9.75. The highest BCUT2D eigenvalue weighted by atomic mass is 32.2. The Balaban J connectivity index is 2.57. The van der Waals surface area contributed by atoms with Gasteiger partial charge in [0, 0.05) is 16.8 Å². The smallest absolute Gasteiger partial charge is 0.313 e. The van der Waals surface area contributed by atoms with Gasteiger partial charge in [0.1, 0.15) is 0 Å². The number of nitrogens with zero attached hydrogens (tertiary/aromatic N) is 1. The van der Waals surface area contributed by atoms with Crippen LogP contribution in [-0.4, -0.2) is 21.8 Å². The number of pyridine rings is 1. The van der Waals surface area contributed by atoms with E-state index in [4.69, 9.17) is 5.11 Å². The molecule has 1 aromatic rings. The molecule has 3 nitrogen and oxygen atoms in total. The van der Waals surface area contributed by atoms with Gasteiger partial charge in [-0.3, -0.25) is 9.78 Å². The van der Waals surface area contributed by atoms with Gasteiger partial charge in [0.25, 0.3) is 0 Å². The molecule has 0 saturated heterocycles. The number of carboxylic acid groups (broad SMARTS) is 1. The van der Waals surface area contributed by atoms with E-state index < -0.39 is 5.97 Å². The first-order valence-corrected chi connectivity index (χ1v) is 4.44. The van der Waals surface area contributed by atoms with Crippen molar-refractivity contribution in [1.82, 2.24) is 4.98 Å². The van der Waals surface area contributed by atoms with Gasteiger partial charge in [0.05, 0.1) is 5.75 Å². The molecule has 64 valence electrons. The first-order chi connectivity index (χ1) is 5.68. The van der Waals surface area contributed by atoms with E-state index in [0.29, 0.717) is 0 Å². The fourth-order valence-corrected chi connectivity index (χ4v) is 1.46. The Bertz CT molecular complexity index is 288. The van der Waals surface area contributed by atoms with Crippen LogP contribution in [-0.2, 0) is 4.79 Å². The van der Waals surface area contributed by atoms with E-state index in [1.807, 2.05) is 13.0 Å². The van der Waals surface area contributed by atoms with Crippen LogP contribution in [0.5, 0.6) is 0 Å². The Labute approximate surface area is 74.8 Å². The molecule has 0 radical (unpaired) electrons. The third-order valence-corrected chi connectivity index (χ3v) is 2.21. The molecule has 0 aliphatic rings. The number of thioether (sulfide) groups is 1. The van der Waals surface area contributed by atoms with Crippen LogP contribution in [0.25, 0.3) is 0 Å². The summed E-state index contributed by atoms with van der Waals surface area (Å²) in [6.45, 7) is 1.88. The first-order valence-electron chi connectivity index (χ1n) is 3.46. The van der Waals surface area contributed by atoms with Gasteiger partial charge in [0.15, 0.2) is 0 Å². The number of hydrogen-bond acceptors (Lipinski definition) is 3. The third kappa shape index (κ3) is 2.92. The second-order valence-electron chi connectivity index (χ2n) is 2.32. The summed E-state index contributed by atoms with van der Waals surface area (Å²) in [6, 6.07) is 3.67. The van der Waals surface area contributed by atoms with Gasteiger partial charge in [0.2, 0.25) is 0 Å². The van der Waals surface area contributed by atoms with E-state index in [0.717, 1.165) is 10.6 Å². The molecule has 0 unspecified atom stereocenters. The maximum atomic E-state index is 10.2. The van der Waals surface area contributed by atoms with Crippen molar-refractivity contribution in [3.63, 3.8) is 0 Å². The molecule has 0 aliphatic heterocycles. The van der Waals surface area contributed by atoms with Crippen LogP contribution in [0.2, 0.25) is 0 Å². The van der Waals surface area contributed by atoms with Gasteiger partial charge in [-0.15, -0.1) is 11.8 Å². The van der Waals surface area contributed by atoms with Crippen molar-refractivity contribution in [1.29, 1.82) is 0 Å². The zero-order chi connectivity index (χ0) is 8.97. The minimum absolute atomic E-state index is 0.101. The maximum absolute atomic E-state index is 10.2. The lowest BCUT2D eigenvalue weighted by molar-refractivity contribution is -0.133. The van der Waals surface area contributed by atoms with Crippen molar-refractivity contribution in [2.24, 2.45) is 0 Å². The predicted octanol–water partition coefficient (Wildman–Crippen LogP) is 1.57. The van der Waals surface area contributed by atoms with Gasteiger partial charge < -0.3 is 5.11 Å². The summed E-state index contributed by atoms with van der Waals surface area (Å²) in [5.74, 6) is -0.696. The average molecular weight is 183 g/mol. The van der Waals surface area contributed by atoms with Gasteiger partial charge in [-0.25, -0.2) is 0 Å². The second kappa shape index (κ2) is 4.11. The summed E-state index contributed by atoms with van der Waals surface area (Å²) >= 11 is 1.30. The molecular formula is C8H9NO2S. The molecule has 4 heteroatoms. The summed E-state index contributed by atoms with van der Waals surface area (Å²) in [6.07, 6.45) is 1.68. The van der Waals surface area contributed by atoms with Crippen molar-refractivity contribution in [3.8, 4) is 0 Å². The van der Waals surface area contributed by atoms with Gasteiger partial charge in [-0.1, -0.05) is 0 Å². The molecule has 0 bridgehead atoms. The van der Waals surface area contributed by atoms with Crippen LogP contribution in [0, 0.1) is 6.92 Å². The molecule has 1 rings (SSSR count). The number of carbonyl (C=O) groups is 1. The van der Waals surface area contributed by atoms with E-state index >= 15 is 0 Å². The molecule has 1 heterocycles. The summed E-state index contributed by atoms with van der Waals surface area (Å²) < 4.78 is 0. The highest BCUT2D eigenvalue weighted by Gasteiger charge is 1.99. The SMILES string of the molecule is Cc1cc(SCC(=O)O)ccn1. The lowest BCUT2D eigenvalue weighted by Crippen LogP contribution is -1.97. The van der Waals surface area contributed by atoms with Crippen molar-refractivity contribution in [2.75, 3.05) is 5.75 Å². The summed E-state index contributed by atoms with van der Waals surface area (Å²) in [5.41, 5.74) is 0.908. The van der Waals surface area contributed by atoms with Crippen molar-refractivity contribution >= 4 is 17.7 Å². The minimum Gasteiger partial charge on any atom is -0.481 e. The van der Waals surface area contributed by atoms with Crippen LogP contribution >= 0.6 is 11.8 Å². The topological polar surface area (TPSA) is 50.2 Å². The number of aromatic nitrogens is 1. The van der Waals surface area contributed by atoms with E-state index in [9.17, 15) is 4.79 Å². The zero-order valence-corrected chi connectivity index (χ0v) is 7.47. The standard InChI is InChI=1S/C8H9NO2S/c1-6-4-7(2-3-9-6)12-5-8(10)11/h2-4H,5H2,1H3,(H,10,11). The highest BCUT2D eigenvalue weighted by Crippen LogP contribution is 2.16. The lowest BCUT2D eigenvalue weighted by atomic mass is 10.4. The third-order valence-electron chi connectivity index (χ3n) is 1.23. The Kier molecular flexibility index (Phi) is 3.10. The molecule has 1 N–H and O–H groups in total. The Hall–Kier alpha value is -1.03. The molecule has 1 aromatic heterocycles. The fraction of sp³-hybridized carbons (Fsp3) is 0.250. The zero-order valence-electron chi connectivity index (χ0n) is 6.65. The van der Waals surface area contributed by atoms with Crippen LogP contribution in [0.1, 0.15) is 5.69 Å². The van der Waals surface area contributed by atoms with E-state index in [2.05, 4.69) is 4.98 Å². The lowest BCUT2D eigenvalue weighted by Gasteiger charge is -1.98. The van der Waals surface area contributed by atoms with Gasteiger partial charge in [-0.05, 0) is 19.1 Å². The molecule has 0 amide bonds. The fourth-order valence-electron chi connectivity index (χ4n) is 0.754. The maximum Gasteiger partial charge on any atom is 0.313 e. The van der Waals surface area contributed by atoms with E-state index in [1.54, 1.807) is 12.3 Å². The number of aryl methyl sites for hydroxylation is 1. The molecule has 0 spiro atoms. The second-order valence-corrected chi connectivity index (χ2v) is 3.36. The summed E-state index contributed by atoms with van der Waals surface area (Å²) in [5, 5.41) is 8.41. The molecule has 0 atom stereocenters. The highest BCUT2D eigenvalue weighted by molar-refractivity contribution is 8.00. The predicted molar refractivity (Wildman–Crippen MR) is 47.3 cm³/mol. The molecular weight excluding hydrogens is 174 g/mol. The largest absolute Gasteiger partial charge is 0.481 e.